The predicted octanol–water partition coefficient (Wildman–Crippen LogP) is 0.402. The van der Waals surface area contributed by atoms with Gasteiger partial charge in [0, 0.05) is 13.1 Å². The molecule has 1 amide bonds. The lowest BCUT2D eigenvalue weighted by molar-refractivity contribution is -0.130. The first-order chi connectivity index (χ1) is 5.63. The molecular formula is C9H15NO2. The fourth-order valence-corrected chi connectivity index (χ4v) is 1.63. The maximum atomic E-state index is 11.2. The number of aliphatic hydroxyl groups is 1. The number of likely N-dealkylation sites (tertiary alicyclic amines) is 1. The summed E-state index contributed by atoms with van der Waals surface area (Å²) in [6.45, 7) is 6.64. The molecule has 2 unspecified atom stereocenters. The molecule has 1 rings (SSSR count). The maximum absolute atomic E-state index is 11.2. The first kappa shape index (κ1) is 9.26. The Balaban J connectivity index is 2.54. The van der Waals surface area contributed by atoms with Gasteiger partial charge in [0.05, 0.1) is 6.10 Å². The second kappa shape index (κ2) is 3.72. The van der Waals surface area contributed by atoms with Gasteiger partial charge in [-0.25, -0.2) is 0 Å². The largest absolute Gasteiger partial charge is 0.391 e. The molecule has 0 bridgehead atoms. The summed E-state index contributed by atoms with van der Waals surface area (Å²) < 4.78 is 0. The zero-order valence-electron chi connectivity index (χ0n) is 7.36. The number of carbonyl (C=O) groups excluding carboxylic acids is 1. The molecule has 0 radical (unpaired) electrons. The molecule has 0 aliphatic carbocycles. The van der Waals surface area contributed by atoms with Gasteiger partial charge in [0.2, 0.25) is 5.91 Å². The Kier molecular flexibility index (Phi) is 2.87. The summed E-state index contributed by atoms with van der Waals surface area (Å²) in [6, 6.07) is 0. The van der Waals surface area contributed by atoms with Crippen molar-refractivity contribution in [1.82, 2.24) is 4.90 Å². The molecule has 3 nitrogen and oxygen atoms in total. The van der Waals surface area contributed by atoms with Crippen LogP contribution in [0.5, 0.6) is 0 Å². The summed E-state index contributed by atoms with van der Waals surface area (Å²) in [5, 5.41) is 9.37. The third-order valence-corrected chi connectivity index (χ3v) is 2.12. The summed E-state index contributed by atoms with van der Waals surface area (Å²) in [7, 11) is 0. The van der Waals surface area contributed by atoms with Crippen LogP contribution in [-0.4, -0.2) is 35.1 Å². The average Bonchev–Trinajstić information content (AvgIpc) is 2.01. The number of hydrogen-bond acceptors (Lipinski definition) is 2. The van der Waals surface area contributed by atoms with E-state index in [1.54, 1.807) is 4.90 Å². The summed E-state index contributed by atoms with van der Waals surface area (Å²) in [6.07, 6.45) is 1.73. The number of hydrogen-bond donors (Lipinski definition) is 1. The minimum Gasteiger partial charge on any atom is -0.391 e. The first-order valence-corrected chi connectivity index (χ1v) is 4.23. The molecule has 3 heteroatoms. The summed E-state index contributed by atoms with van der Waals surface area (Å²) in [4.78, 5) is 12.8. The molecule has 1 heterocycles. The molecule has 12 heavy (non-hydrogen) atoms. The lowest BCUT2D eigenvalue weighted by Crippen LogP contribution is -2.44. The predicted molar refractivity (Wildman–Crippen MR) is 46.6 cm³/mol. The molecule has 1 aliphatic rings. The molecule has 1 fully saturated rings. The minimum atomic E-state index is -0.363. The van der Waals surface area contributed by atoms with Crippen molar-refractivity contribution in [2.24, 2.45) is 5.92 Å². The number of rotatable bonds is 1. The van der Waals surface area contributed by atoms with E-state index in [0.717, 1.165) is 13.0 Å². The van der Waals surface area contributed by atoms with Gasteiger partial charge in [0.15, 0.2) is 0 Å². The van der Waals surface area contributed by atoms with Gasteiger partial charge in [-0.3, -0.25) is 4.79 Å². The van der Waals surface area contributed by atoms with Crippen LogP contribution in [0.2, 0.25) is 0 Å². The lowest BCUT2D eigenvalue weighted by atomic mass is 9.98. The Labute approximate surface area is 72.7 Å². The normalized spacial score (nSPS) is 30.0. The van der Waals surface area contributed by atoms with E-state index in [4.69, 9.17) is 0 Å². The molecule has 0 aromatic carbocycles. The van der Waals surface area contributed by atoms with Crippen LogP contribution in [0.1, 0.15) is 13.3 Å². The van der Waals surface area contributed by atoms with E-state index < -0.39 is 0 Å². The van der Waals surface area contributed by atoms with Crippen LogP contribution in [0.25, 0.3) is 0 Å². The number of carbonyl (C=O) groups is 1. The zero-order chi connectivity index (χ0) is 9.14. The van der Waals surface area contributed by atoms with Crippen LogP contribution in [0.15, 0.2) is 12.7 Å². The van der Waals surface area contributed by atoms with Gasteiger partial charge >= 0.3 is 0 Å². The second-order valence-electron chi connectivity index (χ2n) is 3.44. The molecule has 0 saturated carbocycles. The van der Waals surface area contributed by atoms with Crippen molar-refractivity contribution < 1.29 is 9.90 Å². The molecule has 0 spiro atoms. The van der Waals surface area contributed by atoms with E-state index in [9.17, 15) is 9.90 Å². The van der Waals surface area contributed by atoms with Gasteiger partial charge in [0.25, 0.3) is 0 Å². The Morgan fingerprint density at radius 1 is 1.67 bits per heavy atom. The van der Waals surface area contributed by atoms with Crippen molar-refractivity contribution in [1.29, 1.82) is 0 Å². The Hall–Kier alpha value is -0.830. The van der Waals surface area contributed by atoms with E-state index in [0.29, 0.717) is 12.5 Å². The van der Waals surface area contributed by atoms with E-state index in [2.05, 4.69) is 6.58 Å². The van der Waals surface area contributed by atoms with Crippen LogP contribution < -0.4 is 0 Å². The lowest BCUT2D eigenvalue weighted by Gasteiger charge is -2.33. The first-order valence-electron chi connectivity index (χ1n) is 4.23. The Bertz CT molecular complexity index is 181. The van der Waals surface area contributed by atoms with Gasteiger partial charge in [-0.15, -0.1) is 0 Å². The van der Waals surface area contributed by atoms with E-state index in [-0.39, 0.29) is 12.0 Å². The highest BCUT2D eigenvalue weighted by Crippen LogP contribution is 2.16. The molecule has 2 atom stereocenters. The van der Waals surface area contributed by atoms with Gasteiger partial charge in [-0.2, -0.15) is 0 Å². The molecule has 0 aromatic rings. The van der Waals surface area contributed by atoms with Crippen molar-refractivity contribution in [2.75, 3.05) is 13.1 Å². The highest BCUT2D eigenvalue weighted by atomic mass is 16.3. The smallest absolute Gasteiger partial charge is 0.246 e. The van der Waals surface area contributed by atoms with E-state index >= 15 is 0 Å². The standard InChI is InChI=1S/C9H15NO2/c1-3-9(12)10-5-7(2)4-8(11)6-10/h3,7-8,11H,1,4-6H2,2H3. The van der Waals surface area contributed by atoms with Crippen molar-refractivity contribution in [3.05, 3.63) is 12.7 Å². The fourth-order valence-electron chi connectivity index (χ4n) is 1.63. The Morgan fingerprint density at radius 2 is 2.33 bits per heavy atom. The van der Waals surface area contributed by atoms with Crippen molar-refractivity contribution in [2.45, 2.75) is 19.4 Å². The van der Waals surface area contributed by atoms with Gasteiger partial charge < -0.3 is 10.0 Å². The molecule has 1 N–H and O–H groups in total. The highest BCUT2D eigenvalue weighted by molar-refractivity contribution is 5.87. The van der Waals surface area contributed by atoms with Crippen LogP contribution in [0.3, 0.4) is 0 Å². The average molecular weight is 169 g/mol. The summed E-state index contributed by atoms with van der Waals surface area (Å²) in [5.41, 5.74) is 0. The van der Waals surface area contributed by atoms with Crippen LogP contribution >= 0.6 is 0 Å². The minimum absolute atomic E-state index is 0.0828. The number of nitrogens with zero attached hydrogens (tertiary/aromatic N) is 1. The second-order valence-corrected chi connectivity index (χ2v) is 3.44. The summed E-state index contributed by atoms with van der Waals surface area (Å²) >= 11 is 0. The molecule has 1 aliphatic heterocycles. The fraction of sp³-hybridized carbons (Fsp3) is 0.667. The van der Waals surface area contributed by atoms with Crippen molar-refractivity contribution >= 4 is 5.91 Å². The van der Waals surface area contributed by atoms with Crippen LogP contribution in [0.4, 0.5) is 0 Å². The highest BCUT2D eigenvalue weighted by Gasteiger charge is 2.24. The third kappa shape index (κ3) is 2.08. The van der Waals surface area contributed by atoms with Crippen LogP contribution in [0, 0.1) is 5.92 Å². The van der Waals surface area contributed by atoms with Gasteiger partial charge in [-0.05, 0) is 18.4 Å². The molecule has 1 saturated heterocycles. The maximum Gasteiger partial charge on any atom is 0.246 e. The molecule has 0 aromatic heterocycles. The van der Waals surface area contributed by atoms with Crippen molar-refractivity contribution in [3.8, 4) is 0 Å². The number of amides is 1. The number of β-amino-alcohol motifs (C(OH)–C–C–N with tert-alkyl or cyclic N) is 1. The van der Waals surface area contributed by atoms with E-state index in [1.165, 1.54) is 6.08 Å². The third-order valence-electron chi connectivity index (χ3n) is 2.12. The van der Waals surface area contributed by atoms with Crippen LogP contribution in [-0.2, 0) is 4.79 Å². The Morgan fingerprint density at radius 3 is 2.83 bits per heavy atom. The quantitative estimate of drug-likeness (QED) is 0.577. The van der Waals surface area contributed by atoms with E-state index in [1.807, 2.05) is 6.92 Å². The van der Waals surface area contributed by atoms with Gasteiger partial charge in [0.1, 0.15) is 0 Å². The molecular weight excluding hydrogens is 154 g/mol. The monoisotopic (exact) mass is 169 g/mol. The van der Waals surface area contributed by atoms with Gasteiger partial charge in [-0.1, -0.05) is 13.5 Å². The van der Waals surface area contributed by atoms with Crippen molar-refractivity contribution in [3.63, 3.8) is 0 Å². The number of aliphatic hydroxyl groups excluding tert-OH is 1. The number of piperidine rings is 1. The zero-order valence-corrected chi connectivity index (χ0v) is 7.36. The SMILES string of the molecule is C=CC(=O)N1CC(C)CC(O)C1. The topological polar surface area (TPSA) is 40.5 Å². The summed E-state index contributed by atoms with van der Waals surface area (Å²) in [5.74, 6) is 0.304. The molecule has 68 valence electrons.